The second kappa shape index (κ2) is 12.3. The van der Waals surface area contributed by atoms with Gasteiger partial charge in [0.1, 0.15) is 6.29 Å². The van der Waals surface area contributed by atoms with E-state index in [1.54, 1.807) is 6.92 Å². The van der Waals surface area contributed by atoms with Gasteiger partial charge in [0.05, 0.1) is 0 Å². The van der Waals surface area contributed by atoms with E-state index in [1.165, 1.54) is 6.08 Å². The zero-order valence-corrected chi connectivity index (χ0v) is 13.0. The van der Waals surface area contributed by atoms with Crippen molar-refractivity contribution in [1.29, 1.82) is 0 Å². The van der Waals surface area contributed by atoms with E-state index in [2.05, 4.69) is 12.2 Å². The number of rotatable bonds is 11. The lowest BCUT2D eigenvalue weighted by molar-refractivity contribution is -0.116. The molecule has 0 aliphatic heterocycles. The maximum atomic E-state index is 11.5. The highest BCUT2D eigenvalue weighted by molar-refractivity contribution is 5.87. The minimum absolute atomic E-state index is 0.0302. The topological polar surface area (TPSA) is 92.4 Å². The summed E-state index contributed by atoms with van der Waals surface area (Å²) in [4.78, 5) is 21.9. The van der Waals surface area contributed by atoms with Crippen LogP contribution in [0.5, 0.6) is 0 Å². The number of aliphatic hydroxyl groups excluding tert-OH is 1. The summed E-state index contributed by atoms with van der Waals surface area (Å²) in [6, 6.07) is -0.209. The molecule has 0 aromatic carbocycles. The summed E-state index contributed by atoms with van der Waals surface area (Å²) in [5.41, 5.74) is 6.43. The van der Waals surface area contributed by atoms with E-state index in [1.807, 2.05) is 12.2 Å². The number of carbonyl (C=O) groups excluding carboxylic acids is 2. The third kappa shape index (κ3) is 12.0. The third-order valence-corrected chi connectivity index (χ3v) is 3.16. The van der Waals surface area contributed by atoms with Crippen molar-refractivity contribution in [3.05, 3.63) is 23.8 Å². The number of amides is 1. The average Bonchev–Trinajstić information content (AvgIpc) is 2.45. The molecule has 120 valence electrons. The fraction of sp³-hybridized carbons (Fsp3) is 0.625. The van der Waals surface area contributed by atoms with Crippen molar-refractivity contribution >= 4 is 12.2 Å². The molecule has 0 aromatic heterocycles. The largest absolute Gasteiger partial charge is 0.396 e. The van der Waals surface area contributed by atoms with Crippen LogP contribution in [-0.4, -0.2) is 36.5 Å². The molecule has 0 fully saturated rings. The average molecular weight is 296 g/mol. The van der Waals surface area contributed by atoms with Crippen molar-refractivity contribution in [3.8, 4) is 0 Å². The summed E-state index contributed by atoms with van der Waals surface area (Å²) in [5.74, 6) is 0.300. The van der Waals surface area contributed by atoms with Crippen LogP contribution in [0.2, 0.25) is 0 Å². The molecule has 0 spiro atoms. The van der Waals surface area contributed by atoms with E-state index in [9.17, 15) is 9.59 Å². The fourth-order valence-electron chi connectivity index (χ4n) is 1.73. The van der Waals surface area contributed by atoms with E-state index in [0.717, 1.165) is 31.1 Å². The highest BCUT2D eigenvalue weighted by Crippen LogP contribution is 2.12. The lowest BCUT2D eigenvalue weighted by Gasteiger charge is -2.10. The van der Waals surface area contributed by atoms with Gasteiger partial charge in [-0.3, -0.25) is 9.59 Å². The van der Waals surface area contributed by atoms with Crippen LogP contribution in [-0.2, 0) is 9.59 Å². The highest BCUT2D eigenvalue weighted by atomic mass is 16.3. The molecular weight excluding hydrogens is 268 g/mol. The molecule has 0 rings (SSSR count). The number of hydrogen-bond acceptors (Lipinski definition) is 4. The second-order valence-electron chi connectivity index (χ2n) is 5.40. The summed E-state index contributed by atoms with van der Waals surface area (Å²) in [7, 11) is 0. The molecule has 1 unspecified atom stereocenters. The zero-order chi connectivity index (χ0) is 16.1. The first-order valence-corrected chi connectivity index (χ1v) is 7.42. The van der Waals surface area contributed by atoms with Crippen molar-refractivity contribution < 1.29 is 14.7 Å². The van der Waals surface area contributed by atoms with Crippen LogP contribution in [0.1, 0.15) is 39.5 Å². The summed E-state index contributed by atoms with van der Waals surface area (Å²) >= 11 is 0. The second-order valence-corrected chi connectivity index (χ2v) is 5.40. The summed E-state index contributed by atoms with van der Waals surface area (Å²) in [6.45, 7) is 4.31. The zero-order valence-electron chi connectivity index (χ0n) is 13.0. The van der Waals surface area contributed by atoms with Crippen molar-refractivity contribution in [3.63, 3.8) is 0 Å². The molecule has 5 heteroatoms. The molecule has 0 aliphatic carbocycles. The van der Waals surface area contributed by atoms with Crippen molar-refractivity contribution in [2.45, 2.75) is 45.6 Å². The summed E-state index contributed by atoms with van der Waals surface area (Å²) in [5, 5.41) is 11.4. The van der Waals surface area contributed by atoms with Crippen molar-refractivity contribution in [2.24, 2.45) is 11.7 Å². The van der Waals surface area contributed by atoms with Crippen LogP contribution in [0, 0.1) is 5.92 Å². The first kappa shape index (κ1) is 19.5. The minimum Gasteiger partial charge on any atom is -0.396 e. The number of nitrogens with two attached hydrogens (primary N) is 1. The van der Waals surface area contributed by atoms with E-state index in [-0.39, 0.29) is 18.6 Å². The number of aldehydes is 1. The Balaban J connectivity index is 3.82. The van der Waals surface area contributed by atoms with Gasteiger partial charge in [-0.2, -0.15) is 0 Å². The van der Waals surface area contributed by atoms with Gasteiger partial charge in [-0.1, -0.05) is 19.1 Å². The lowest BCUT2D eigenvalue weighted by Crippen LogP contribution is -2.37. The smallest absolute Gasteiger partial charge is 0.243 e. The number of carbonyl (C=O) groups is 2. The SMILES string of the molecule is C/C(C=O)=C\CCC(C)C/C=C/C(=O)NC[C@H](N)CCO. The van der Waals surface area contributed by atoms with Gasteiger partial charge < -0.3 is 16.2 Å². The maximum absolute atomic E-state index is 11.5. The van der Waals surface area contributed by atoms with Gasteiger partial charge in [-0.25, -0.2) is 0 Å². The van der Waals surface area contributed by atoms with Crippen LogP contribution in [0.25, 0.3) is 0 Å². The molecule has 0 radical (unpaired) electrons. The van der Waals surface area contributed by atoms with Crippen molar-refractivity contribution in [1.82, 2.24) is 5.32 Å². The monoisotopic (exact) mass is 296 g/mol. The molecule has 5 nitrogen and oxygen atoms in total. The highest BCUT2D eigenvalue weighted by Gasteiger charge is 2.03. The molecule has 0 heterocycles. The first-order chi connectivity index (χ1) is 9.99. The molecule has 4 N–H and O–H groups in total. The standard InChI is InChI=1S/C16H28N2O3/c1-13(5-3-7-14(2)12-20)6-4-8-16(21)18-11-15(17)9-10-19/h4,7-8,12-13,15,19H,3,5-6,9-11,17H2,1-2H3,(H,18,21)/b8-4+,14-7+/t13?,15-/m1/s1. The summed E-state index contributed by atoms with van der Waals surface area (Å²) < 4.78 is 0. The lowest BCUT2D eigenvalue weighted by atomic mass is 10.0. The molecule has 21 heavy (non-hydrogen) atoms. The predicted molar refractivity (Wildman–Crippen MR) is 84.7 cm³/mol. The van der Waals surface area contributed by atoms with Gasteiger partial charge >= 0.3 is 0 Å². The van der Waals surface area contributed by atoms with Gasteiger partial charge in [0.15, 0.2) is 0 Å². The molecule has 0 saturated heterocycles. The Morgan fingerprint density at radius 3 is 2.71 bits per heavy atom. The molecular formula is C16H28N2O3. The predicted octanol–water partition coefficient (Wildman–Crippen LogP) is 1.32. The molecule has 1 amide bonds. The van der Waals surface area contributed by atoms with Gasteiger partial charge in [0.25, 0.3) is 0 Å². The quantitative estimate of drug-likeness (QED) is 0.396. The van der Waals surface area contributed by atoms with Gasteiger partial charge in [-0.15, -0.1) is 0 Å². The van der Waals surface area contributed by atoms with Gasteiger partial charge in [0.2, 0.25) is 5.91 Å². The first-order valence-electron chi connectivity index (χ1n) is 7.42. The van der Waals surface area contributed by atoms with E-state index >= 15 is 0 Å². The van der Waals surface area contributed by atoms with E-state index in [0.29, 0.717) is 18.9 Å². The fourth-order valence-corrected chi connectivity index (χ4v) is 1.73. The minimum atomic E-state index is -0.209. The Bertz CT molecular complexity index is 365. The number of aliphatic hydroxyl groups is 1. The number of hydrogen-bond donors (Lipinski definition) is 3. The van der Waals surface area contributed by atoms with Crippen LogP contribution in [0.4, 0.5) is 0 Å². The van der Waals surface area contributed by atoms with Crippen LogP contribution in [0.3, 0.4) is 0 Å². The molecule has 0 bridgehead atoms. The number of nitrogens with one attached hydrogen (secondary N) is 1. The molecule has 0 aromatic rings. The maximum Gasteiger partial charge on any atom is 0.243 e. The Morgan fingerprint density at radius 1 is 1.38 bits per heavy atom. The Hall–Kier alpha value is -1.46. The van der Waals surface area contributed by atoms with Crippen molar-refractivity contribution in [2.75, 3.05) is 13.2 Å². The third-order valence-electron chi connectivity index (χ3n) is 3.16. The van der Waals surface area contributed by atoms with Crippen LogP contribution >= 0.6 is 0 Å². The van der Waals surface area contributed by atoms with Crippen LogP contribution in [0.15, 0.2) is 23.8 Å². The molecule has 0 saturated carbocycles. The normalized spacial score (nSPS) is 15.0. The Kier molecular flexibility index (Phi) is 11.4. The van der Waals surface area contributed by atoms with Gasteiger partial charge in [0, 0.05) is 19.2 Å². The molecule has 2 atom stereocenters. The molecule has 0 aliphatic rings. The number of allylic oxidation sites excluding steroid dienone is 3. The summed E-state index contributed by atoms with van der Waals surface area (Å²) in [6.07, 6.45) is 9.33. The van der Waals surface area contributed by atoms with Crippen LogP contribution < -0.4 is 11.1 Å². The Morgan fingerprint density at radius 2 is 2.10 bits per heavy atom. The van der Waals surface area contributed by atoms with E-state index < -0.39 is 0 Å². The van der Waals surface area contributed by atoms with Gasteiger partial charge in [-0.05, 0) is 50.2 Å². The van der Waals surface area contributed by atoms with E-state index in [4.69, 9.17) is 10.8 Å². The Labute approximate surface area is 127 Å².